The normalized spacial score (nSPS) is 15.1. The summed E-state index contributed by atoms with van der Waals surface area (Å²) in [6.45, 7) is 7.33. The molecule has 1 fully saturated rings. The van der Waals surface area contributed by atoms with E-state index in [2.05, 4.69) is 27.5 Å². The first kappa shape index (κ1) is 25.0. The Bertz CT molecular complexity index is 923. The van der Waals surface area contributed by atoms with Gasteiger partial charge in [0.25, 0.3) is 0 Å². The molecule has 2 aromatic rings. The van der Waals surface area contributed by atoms with Crippen molar-refractivity contribution in [1.29, 1.82) is 0 Å². The molecule has 2 N–H and O–H groups in total. The Morgan fingerprint density at radius 3 is 2.50 bits per heavy atom. The second-order valence-electron chi connectivity index (χ2n) is 6.99. The number of aliphatic imine (C=N–C) groups is 1. The molecular formula is C20H30IN5O2S2. The molecule has 1 aliphatic heterocycles. The van der Waals surface area contributed by atoms with Crippen LogP contribution >= 0.6 is 35.3 Å². The fourth-order valence-electron chi connectivity index (χ4n) is 3.16. The van der Waals surface area contributed by atoms with Gasteiger partial charge in [0.05, 0.1) is 16.4 Å². The SMILES string of the molecule is CCNC(=NCc1ccc(S(=O)(=O)N2CCCC2)cc1)NCCc1ncc(C)s1.I. The second kappa shape index (κ2) is 12.0. The van der Waals surface area contributed by atoms with Crippen molar-refractivity contribution in [3.63, 3.8) is 0 Å². The molecule has 30 heavy (non-hydrogen) atoms. The third-order valence-corrected chi connectivity index (χ3v) is 7.58. The minimum Gasteiger partial charge on any atom is -0.357 e. The average Bonchev–Trinajstić information content (AvgIpc) is 3.39. The quantitative estimate of drug-likeness (QED) is 0.293. The number of thiazole rings is 1. The predicted octanol–water partition coefficient (Wildman–Crippen LogP) is 3.15. The highest BCUT2D eigenvalue weighted by Gasteiger charge is 2.26. The van der Waals surface area contributed by atoms with Gasteiger partial charge in [-0.15, -0.1) is 35.3 Å². The van der Waals surface area contributed by atoms with Crippen LogP contribution in [0.1, 0.15) is 35.2 Å². The smallest absolute Gasteiger partial charge is 0.243 e. The van der Waals surface area contributed by atoms with Gasteiger partial charge >= 0.3 is 0 Å². The van der Waals surface area contributed by atoms with E-state index in [1.807, 2.05) is 25.3 Å². The molecule has 166 valence electrons. The average molecular weight is 564 g/mol. The molecule has 1 saturated heterocycles. The summed E-state index contributed by atoms with van der Waals surface area (Å²) in [4.78, 5) is 10.6. The molecular weight excluding hydrogens is 533 g/mol. The van der Waals surface area contributed by atoms with Crippen molar-refractivity contribution < 1.29 is 8.42 Å². The molecule has 1 aromatic carbocycles. The molecule has 0 saturated carbocycles. The van der Waals surface area contributed by atoms with E-state index in [0.29, 0.717) is 24.5 Å². The lowest BCUT2D eigenvalue weighted by atomic mass is 10.2. The standard InChI is InChI=1S/C20H29N5O2S2.HI/c1-3-21-20(22-11-10-19-23-14-16(2)28-19)24-15-17-6-8-18(9-7-17)29(26,27)25-12-4-5-13-25;/h6-9,14H,3-5,10-13,15H2,1-2H3,(H2,21,22,24);1H. The first-order chi connectivity index (χ1) is 14.0. The number of rotatable bonds is 8. The summed E-state index contributed by atoms with van der Waals surface area (Å²) >= 11 is 1.71. The minimum absolute atomic E-state index is 0. The van der Waals surface area contributed by atoms with Crippen LogP contribution in [0.3, 0.4) is 0 Å². The first-order valence-corrected chi connectivity index (χ1v) is 12.3. The molecule has 3 rings (SSSR count). The van der Waals surface area contributed by atoms with Gasteiger partial charge in [0, 0.05) is 43.7 Å². The maximum absolute atomic E-state index is 12.6. The fourth-order valence-corrected chi connectivity index (χ4v) is 5.47. The number of sulfonamides is 1. The summed E-state index contributed by atoms with van der Waals surface area (Å²) in [6.07, 6.45) is 4.63. The number of halogens is 1. The van der Waals surface area contributed by atoms with E-state index in [1.54, 1.807) is 27.8 Å². The third kappa shape index (κ3) is 6.89. The fraction of sp³-hybridized carbons (Fsp3) is 0.500. The Morgan fingerprint density at radius 2 is 1.90 bits per heavy atom. The van der Waals surface area contributed by atoms with Gasteiger partial charge in [-0.25, -0.2) is 18.4 Å². The number of aromatic nitrogens is 1. The van der Waals surface area contributed by atoms with Crippen molar-refractivity contribution in [3.8, 4) is 0 Å². The van der Waals surface area contributed by atoms with E-state index in [-0.39, 0.29) is 24.0 Å². The topological polar surface area (TPSA) is 86.7 Å². The van der Waals surface area contributed by atoms with Gasteiger partial charge in [-0.2, -0.15) is 4.31 Å². The lowest BCUT2D eigenvalue weighted by Crippen LogP contribution is -2.38. The summed E-state index contributed by atoms with van der Waals surface area (Å²) in [5.41, 5.74) is 0.970. The van der Waals surface area contributed by atoms with Crippen LogP contribution in [0.25, 0.3) is 0 Å². The zero-order valence-corrected chi connectivity index (χ0v) is 21.4. The van der Waals surface area contributed by atoms with Crippen molar-refractivity contribution >= 4 is 51.3 Å². The first-order valence-electron chi connectivity index (χ1n) is 10.0. The maximum Gasteiger partial charge on any atom is 0.243 e. The monoisotopic (exact) mass is 563 g/mol. The van der Waals surface area contributed by atoms with Gasteiger partial charge < -0.3 is 10.6 Å². The number of hydrogen-bond acceptors (Lipinski definition) is 5. The van der Waals surface area contributed by atoms with Crippen molar-refractivity contribution in [2.45, 2.75) is 44.6 Å². The minimum atomic E-state index is -3.36. The summed E-state index contributed by atoms with van der Waals surface area (Å²) in [7, 11) is -3.36. The van der Waals surface area contributed by atoms with Crippen LogP contribution in [0, 0.1) is 6.92 Å². The molecule has 0 spiro atoms. The Morgan fingerprint density at radius 1 is 1.20 bits per heavy atom. The van der Waals surface area contributed by atoms with Gasteiger partial charge in [0.1, 0.15) is 0 Å². The van der Waals surface area contributed by atoms with E-state index >= 15 is 0 Å². The summed E-state index contributed by atoms with van der Waals surface area (Å²) in [5, 5.41) is 7.67. The van der Waals surface area contributed by atoms with Crippen molar-refractivity contribution in [3.05, 3.63) is 45.9 Å². The van der Waals surface area contributed by atoms with Crippen LogP contribution in [0.4, 0.5) is 0 Å². The highest BCUT2D eigenvalue weighted by atomic mass is 127. The molecule has 0 atom stereocenters. The molecule has 2 heterocycles. The maximum atomic E-state index is 12.6. The van der Waals surface area contributed by atoms with E-state index < -0.39 is 10.0 Å². The van der Waals surface area contributed by atoms with Crippen LogP contribution in [0.5, 0.6) is 0 Å². The molecule has 0 bridgehead atoms. The number of hydrogen-bond donors (Lipinski definition) is 2. The summed E-state index contributed by atoms with van der Waals surface area (Å²) in [6, 6.07) is 7.05. The number of nitrogens with zero attached hydrogens (tertiary/aromatic N) is 3. The molecule has 1 aromatic heterocycles. The Balaban J connectivity index is 0.00000320. The highest BCUT2D eigenvalue weighted by molar-refractivity contribution is 14.0. The van der Waals surface area contributed by atoms with Crippen LogP contribution < -0.4 is 10.6 Å². The summed E-state index contributed by atoms with van der Waals surface area (Å²) < 4.78 is 26.8. The van der Waals surface area contributed by atoms with Gasteiger partial charge in [0.15, 0.2) is 5.96 Å². The van der Waals surface area contributed by atoms with Gasteiger partial charge in [-0.1, -0.05) is 12.1 Å². The summed E-state index contributed by atoms with van der Waals surface area (Å²) in [5.74, 6) is 0.745. The van der Waals surface area contributed by atoms with Gasteiger partial charge in [-0.05, 0) is 44.4 Å². The molecule has 0 aliphatic carbocycles. The second-order valence-corrected chi connectivity index (χ2v) is 10.2. The third-order valence-electron chi connectivity index (χ3n) is 4.69. The molecule has 0 radical (unpaired) electrons. The van der Waals surface area contributed by atoms with E-state index in [1.165, 1.54) is 4.88 Å². The lowest BCUT2D eigenvalue weighted by Gasteiger charge is -2.15. The van der Waals surface area contributed by atoms with Crippen LogP contribution in [0.2, 0.25) is 0 Å². The Labute approximate surface area is 200 Å². The Hall–Kier alpha value is -1.24. The highest BCUT2D eigenvalue weighted by Crippen LogP contribution is 2.21. The van der Waals surface area contributed by atoms with E-state index in [4.69, 9.17) is 0 Å². The number of guanidine groups is 1. The Kier molecular flexibility index (Phi) is 9.98. The zero-order chi connectivity index (χ0) is 20.7. The molecule has 0 unspecified atom stereocenters. The number of aryl methyl sites for hydroxylation is 1. The van der Waals surface area contributed by atoms with Crippen molar-refractivity contribution in [2.24, 2.45) is 4.99 Å². The zero-order valence-electron chi connectivity index (χ0n) is 17.4. The molecule has 10 heteroatoms. The van der Waals surface area contributed by atoms with E-state index in [0.717, 1.165) is 48.9 Å². The van der Waals surface area contributed by atoms with Crippen LogP contribution in [-0.2, 0) is 23.0 Å². The van der Waals surface area contributed by atoms with Crippen molar-refractivity contribution in [1.82, 2.24) is 19.9 Å². The van der Waals surface area contributed by atoms with E-state index in [9.17, 15) is 8.42 Å². The molecule has 7 nitrogen and oxygen atoms in total. The largest absolute Gasteiger partial charge is 0.357 e. The van der Waals surface area contributed by atoms with Gasteiger partial charge in [0.2, 0.25) is 10.0 Å². The van der Waals surface area contributed by atoms with Crippen LogP contribution in [-0.4, -0.2) is 49.8 Å². The van der Waals surface area contributed by atoms with Gasteiger partial charge in [-0.3, -0.25) is 0 Å². The molecule has 0 amide bonds. The van der Waals surface area contributed by atoms with Crippen molar-refractivity contribution in [2.75, 3.05) is 26.2 Å². The predicted molar refractivity (Wildman–Crippen MR) is 133 cm³/mol. The number of nitrogens with one attached hydrogen (secondary N) is 2. The van der Waals surface area contributed by atoms with Crippen LogP contribution in [0.15, 0.2) is 40.4 Å². The molecule has 1 aliphatic rings. The lowest BCUT2D eigenvalue weighted by molar-refractivity contribution is 0.477. The number of benzene rings is 1.